The van der Waals surface area contributed by atoms with Gasteiger partial charge in [-0.05, 0) is 86.6 Å². The average Bonchev–Trinajstić information content (AvgIpc) is 3.15. The molecule has 1 aliphatic heterocycles. The Morgan fingerprint density at radius 1 is 1.14 bits per heavy atom. The molecule has 0 bridgehead atoms. The summed E-state index contributed by atoms with van der Waals surface area (Å²) in [4.78, 5) is 30.3. The first kappa shape index (κ1) is 25.9. The van der Waals surface area contributed by atoms with Crippen LogP contribution in [0.4, 0.5) is 10.7 Å². The molecule has 2 aromatic rings. The zero-order chi connectivity index (χ0) is 25.2. The van der Waals surface area contributed by atoms with E-state index in [1.165, 1.54) is 11.3 Å². The Kier molecular flexibility index (Phi) is 8.02. The maximum absolute atomic E-state index is 13.6. The van der Waals surface area contributed by atoms with Crippen LogP contribution in [0.25, 0.3) is 0 Å². The summed E-state index contributed by atoms with van der Waals surface area (Å²) in [5.74, 6) is 0.437. The second-order valence-electron chi connectivity index (χ2n) is 11.4. The molecule has 5 nitrogen and oxygen atoms in total. The lowest BCUT2D eigenvalue weighted by molar-refractivity contribution is -0.118. The quantitative estimate of drug-likeness (QED) is 0.471. The normalized spacial score (nSPS) is 20.8. The molecule has 2 N–H and O–H groups in total. The molecule has 35 heavy (non-hydrogen) atoms. The van der Waals surface area contributed by atoms with Crippen LogP contribution in [-0.2, 0) is 17.6 Å². The number of benzene rings is 1. The number of hydrogen-bond acceptors (Lipinski definition) is 4. The molecule has 1 aromatic heterocycles. The minimum atomic E-state index is -0.123. The largest absolute Gasteiger partial charge is 0.322 e. The Morgan fingerprint density at radius 3 is 2.66 bits per heavy atom. The van der Waals surface area contributed by atoms with E-state index in [0.717, 1.165) is 61.9 Å². The van der Waals surface area contributed by atoms with Gasteiger partial charge < -0.3 is 10.6 Å². The third-order valence-corrected chi connectivity index (χ3v) is 8.98. The predicted molar refractivity (Wildman–Crippen MR) is 147 cm³/mol. The summed E-state index contributed by atoms with van der Waals surface area (Å²) in [7, 11) is 0. The Morgan fingerprint density at radius 2 is 1.94 bits per heavy atom. The van der Waals surface area contributed by atoms with Gasteiger partial charge >= 0.3 is 0 Å². The van der Waals surface area contributed by atoms with Gasteiger partial charge in [0.2, 0.25) is 5.91 Å². The number of nitrogens with zero attached hydrogens (tertiary/aromatic N) is 1. The number of aryl methyl sites for hydroxylation is 1. The summed E-state index contributed by atoms with van der Waals surface area (Å²) in [6, 6.07) is 8.34. The van der Waals surface area contributed by atoms with E-state index in [-0.39, 0.29) is 17.2 Å². The van der Waals surface area contributed by atoms with Crippen molar-refractivity contribution < 1.29 is 9.59 Å². The molecule has 1 fully saturated rings. The SMILES string of the molecule is CCC1CCCCN1CC(=O)Nc1sc2c(c1C(=O)Nc1cccc(C)c1)CCC(C(C)(C)C)C2. The maximum atomic E-state index is 13.6. The van der Waals surface area contributed by atoms with Gasteiger partial charge in [0.15, 0.2) is 0 Å². The molecule has 1 aromatic carbocycles. The second-order valence-corrected chi connectivity index (χ2v) is 12.5. The van der Waals surface area contributed by atoms with Crippen molar-refractivity contribution >= 4 is 33.8 Å². The van der Waals surface area contributed by atoms with Crippen LogP contribution >= 0.6 is 11.3 Å². The highest BCUT2D eigenvalue weighted by molar-refractivity contribution is 7.17. The van der Waals surface area contributed by atoms with E-state index >= 15 is 0 Å². The number of rotatable bonds is 6. The molecular formula is C29H41N3O2S. The molecule has 1 saturated heterocycles. The number of thiophene rings is 1. The molecule has 6 heteroatoms. The monoisotopic (exact) mass is 495 g/mol. The molecule has 2 aliphatic rings. The first-order chi connectivity index (χ1) is 16.7. The highest BCUT2D eigenvalue weighted by Gasteiger charge is 2.34. The molecule has 0 radical (unpaired) electrons. The summed E-state index contributed by atoms with van der Waals surface area (Å²) in [6.45, 7) is 12.5. The number of carbonyl (C=O) groups is 2. The molecule has 0 saturated carbocycles. The minimum Gasteiger partial charge on any atom is -0.322 e. The van der Waals surface area contributed by atoms with Crippen molar-refractivity contribution in [1.29, 1.82) is 0 Å². The number of likely N-dealkylation sites (tertiary alicyclic amines) is 1. The molecule has 190 valence electrons. The summed E-state index contributed by atoms with van der Waals surface area (Å²) in [6.07, 6.45) is 7.53. The Labute approximate surface area is 214 Å². The number of amides is 2. The molecule has 2 heterocycles. The summed E-state index contributed by atoms with van der Waals surface area (Å²) in [5, 5.41) is 6.98. The van der Waals surface area contributed by atoms with Crippen molar-refractivity contribution in [1.82, 2.24) is 4.90 Å². The maximum Gasteiger partial charge on any atom is 0.258 e. The standard InChI is InChI=1S/C29H41N3O2S/c1-6-22-12-7-8-15-32(22)18-25(33)31-28-26(27(34)30-21-11-9-10-19(2)16-21)23-14-13-20(29(3,4)5)17-24(23)35-28/h9-11,16,20,22H,6-8,12-15,17-18H2,1-5H3,(H,30,34)(H,31,33). The molecule has 2 unspecified atom stereocenters. The number of piperidine rings is 1. The first-order valence-electron chi connectivity index (χ1n) is 13.2. The van der Waals surface area contributed by atoms with Crippen molar-refractivity contribution in [3.05, 3.63) is 45.8 Å². The number of hydrogen-bond donors (Lipinski definition) is 2. The smallest absolute Gasteiger partial charge is 0.258 e. The van der Waals surface area contributed by atoms with Gasteiger partial charge in [-0.25, -0.2) is 0 Å². The van der Waals surface area contributed by atoms with Crippen molar-refractivity contribution in [2.45, 2.75) is 85.6 Å². The Hall–Kier alpha value is -2.18. The van der Waals surface area contributed by atoms with Crippen molar-refractivity contribution in [3.8, 4) is 0 Å². The summed E-state index contributed by atoms with van der Waals surface area (Å²) in [5.41, 5.74) is 3.90. The summed E-state index contributed by atoms with van der Waals surface area (Å²) >= 11 is 1.61. The van der Waals surface area contributed by atoms with Gasteiger partial charge in [-0.1, -0.05) is 46.2 Å². The lowest BCUT2D eigenvalue weighted by Crippen LogP contribution is -2.43. The number of fused-ring (bicyclic) bond motifs is 1. The highest BCUT2D eigenvalue weighted by Crippen LogP contribution is 2.44. The molecule has 2 atom stereocenters. The van der Waals surface area contributed by atoms with Crippen molar-refractivity contribution in [2.75, 3.05) is 23.7 Å². The number of carbonyl (C=O) groups excluding carboxylic acids is 2. The zero-order valence-corrected chi connectivity index (χ0v) is 22.8. The van der Waals surface area contributed by atoms with E-state index in [0.29, 0.717) is 29.1 Å². The van der Waals surface area contributed by atoms with Gasteiger partial charge in [0.05, 0.1) is 12.1 Å². The van der Waals surface area contributed by atoms with Gasteiger partial charge in [0, 0.05) is 16.6 Å². The minimum absolute atomic E-state index is 0.0130. The fourth-order valence-corrected chi connectivity index (χ4v) is 6.99. The van der Waals surface area contributed by atoms with Crippen LogP contribution < -0.4 is 10.6 Å². The van der Waals surface area contributed by atoms with Gasteiger partial charge in [0.25, 0.3) is 5.91 Å². The molecule has 2 amide bonds. The van der Waals surface area contributed by atoms with Crippen LogP contribution in [0.2, 0.25) is 0 Å². The van der Waals surface area contributed by atoms with Gasteiger partial charge in [-0.2, -0.15) is 0 Å². The van der Waals surface area contributed by atoms with Crippen LogP contribution in [0.5, 0.6) is 0 Å². The van der Waals surface area contributed by atoms with E-state index in [4.69, 9.17) is 0 Å². The fourth-order valence-electron chi connectivity index (χ4n) is 5.65. The number of anilines is 2. The molecule has 4 rings (SSSR count). The van der Waals surface area contributed by atoms with E-state index < -0.39 is 0 Å². The van der Waals surface area contributed by atoms with Crippen molar-refractivity contribution in [2.24, 2.45) is 11.3 Å². The van der Waals surface area contributed by atoms with Crippen LogP contribution in [0.15, 0.2) is 24.3 Å². The Bertz CT molecular complexity index is 1070. The van der Waals surface area contributed by atoms with E-state index in [1.54, 1.807) is 11.3 Å². The topological polar surface area (TPSA) is 61.4 Å². The van der Waals surface area contributed by atoms with Gasteiger partial charge in [-0.3, -0.25) is 14.5 Å². The Balaban J connectivity index is 1.59. The second kappa shape index (κ2) is 10.8. The lowest BCUT2D eigenvalue weighted by Gasteiger charge is -2.34. The van der Waals surface area contributed by atoms with E-state index in [2.05, 4.69) is 43.2 Å². The third kappa shape index (κ3) is 6.15. The number of nitrogens with one attached hydrogen (secondary N) is 2. The van der Waals surface area contributed by atoms with Crippen LogP contribution in [0, 0.1) is 18.3 Å². The van der Waals surface area contributed by atoms with Gasteiger partial charge in [0.1, 0.15) is 5.00 Å². The third-order valence-electron chi connectivity index (χ3n) is 7.81. The molecule has 0 spiro atoms. The van der Waals surface area contributed by atoms with Crippen molar-refractivity contribution in [3.63, 3.8) is 0 Å². The van der Waals surface area contributed by atoms with Crippen LogP contribution in [-0.4, -0.2) is 35.8 Å². The predicted octanol–water partition coefficient (Wildman–Crippen LogP) is 6.66. The zero-order valence-electron chi connectivity index (χ0n) is 22.0. The van der Waals surface area contributed by atoms with E-state index in [1.807, 2.05) is 31.2 Å². The van der Waals surface area contributed by atoms with Crippen LogP contribution in [0.3, 0.4) is 0 Å². The fraction of sp³-hybridized carbons (Fsp3) is 0.586. The van der Waals surface area contributed by atoms with E-state index in [9.17, 15) is 9.59 Å². The van der Waals surface area contributed by atoms with Gasteiger partial charge in [-0.15, -0.1) is 11.3 Å². The highest BCUT2D eigenvalue weighted by atomic mass is 32.1. The first-order valence-corrected chi connectivity index (χ1v) is 14.0. The summed E-state index contributed by atoms with van der Waals surface area (Å²) < 4.78 is 0. The lowest BCUT2D eigenvalue weighted by atomic mass is 9.72. The molecule has 1 aliphatic carbocycles. The molecular weight excluding hydrogens is 454 g/mol. The average molecular weight is 496 g/mol. The van der Waals surface area contributed by atoms with Crippen LogP contribution in [0.1, 0.15) is 86.2 Å².